The summed E-state index contributed by atoms with van der Waals surface area (Å²) in [5.74, 6) is 0.318. The zero-order valence-corrected chi connectivity index (χ0v) is 14.7. The van der Waals surface area contributed by atoms with E-state index in [2.05, 4.69) is 39.9 Å². The predicted octanol–water partition coefficient (Wildman–Crippen LogP) is 2.52. The van der Waals surface area contributed by atoms with Crippen molar-refractivity contribution in [1.29, 1.82) is 0 Å². The number of carbonyl (C=O) groups excluding carboxylic acids is 1. The molecule has 0 saturated carbocycles. The van der Waals surface area contributed by atoms with E-state index < -0.39 is 0 Å². The van der Waals surface area contributed by atoms with E-state index in [-0.39, 0.29) is 5.91 Å². The van der Waals surface area contributed by atoms with Crippen molar-refractivity contribution in [2.75, 3.05) is 13.6 Å². The largest absolute Gasteiger partial charge is 0.349 e. The van der Waals surface area contributed by atoms with Crippen LogP contribution >= 0.6 is 0 Å². The van der Waals surface area contributed by atoms with Gasteiger partial charge in [0, 0.05) is 19.6 Å². The molecule has 2 N–H and O–H groups in total. The summed E-state index contributed by atoms with van der Waals surface area (Å²) in [4.78, 5) is 16.9. The monoisotopic (exact) mass is 336 g/mol. The number of carbonyl (C=O) groups is 1. The van der Waals surface area contributed by atoms with Gasteiger partial charge in [0.05, 0.1) is 11.0 Å². The highest BCUT2D eigenvalue weighted by Crippen LogP contribution is 2.14. The van der Waals surface area contributed by atoms with Crippen LogP contribution in [0.5, 0.6) is 0 Å². The Balaban J connectivity index is 1.57. The Labute approximate surface area is 148 Å². The Bertz CT molecular complexity index is 841. The average molecular weight is 336 g/mol. The first-order valence-electron chi connectivity index (χ1n) is 8.60. The molecule has 0 spiro atoms. The van der Waals surface area contributed by atoms with Gasteiger partial charge in [-0.25, -0.2) is 4.98 Å². The first-order chi connectivity index (χ1) is 12.2. The number of fused-ring (bicyclic) bond motifs is 1. The summed E-state index contributed by atoms with van der Waals surface area (Å²) in [6, 6.07) is 18.5. The number of nitrogens with zero attached hydrogens (tertiary/aromatic N) is 2. The third kappa shape index (κ3) is 4.06. The molecule has 5 nitrogen and oxygen atoms in total. The molecule has 0 saturated heterocycles. The Kier molecular flexibility index (Phi) is 5.46. The average Bonchev–Trinajstić information content (AvgIpc) is 2.99. The van der Waals surface area contributed by atoms with Crippen molar-refractivity contribution in [3.8, 4) is 0 Å². The van der Waals surface area contributed by atoms with Crippen molar-refractivity contribution in [3.05, 3.63) is 66.0 Å². The van der Waals surface area contributed by atoms with Gasteiger partial charge in [-0.1, -0.05) is 42.5 Å². The van der Waals surface area contributed by atoms with Crippen molar-refractivity contribution in [2.45, 2.75) is 18.9 Å². The number of rotatable bonds is 7. The number of aryl methyl sites for hydroxylation is 1. The molecule has 0 aliphatic carbocycles. The molecule has 3 aromatic rings. The smallest absolute Gasteiger partial charge is 0.287 e. The van der Waals surface area contributed by atoms with Gasteiger partial charge in [0.1, 0.15) is 0 Å². The molecule has 0 aliphatic heterocycles. The van der Waals surface area contributed by atoms with E-state index in [9.17, 15) is 4.79 Å². The van der Waals surface area contributed by atoms with Crippen molar-refractivity contribution in [2.24, 2.45) is 7.05 Å². The number of hydrogen-bond donors (Lipinski definition) is 2. The van der Waals surface area contributed by atoms with E-state index in [1.54, 1.807) is 0 Å². The first kappa shape index (κ1) is 17.2. The highest BCUT2D eigenvalue weighted by atomic mass is 16.2. The zero-order valence-electron chi connectivity index (χ0n) is 14.7. The molecular formula is C20H24N4O. The van der Waals surface area contributed by atoms with Crippen LogP contribution in [0.4, 0.5) is 0 Å². The fourth-order valence-corrected chi connectivity index (χ4v) is 3.03. The van der Waals surface area contributed by atoms with E-state index in [0.29, 0.717) is 18.4 Å². The van der Waals surface area contributed by atoms with Gasteiger partial charge in [0.2, 0.25) is 0 Å². The highest BCUT2D eigenvalue weighted by molar-refractivity contribution is 5.94. The Hall–Kier alpha value is -2.66. The highest BCUT2D eigenvalue weighted by Gasteiger charge is 2.15. The summed E-state index contributed by atoms with van der Waals surface area (Å²) in [7, 11) is 3.83. The molecule has 0 radical (unpaired) electrons. The van der Waals surface area contributed by atoms with Gasteiger partial charge < -0.3 is 15.2 Å². The van der Waals surface area contributed by atoms with Crippen LogP contribution in [0.1, 0.15) is 22.6 Å². The Morgan fingerprint density at radius 3 is 2.56 bits per heavy atom. The topological polar surface area (TPSA) is 58.9 Å². The molecule has 0 aliphatic rings. The number of aromatic nitrogens is 2. The summed E-state index contributed by atoms with van der Waals surface area (Å²) in [5.41, 5.74) is 3.10. The maximum Gasteiger partial charge on any atom is 0.287 e. The fourth-order valence-electron chi connectivity index (χ4n) is 3.03. The molecule has 1 aromatic heterocycles. The van der Waals surface area contributed by atoms with Crippen LogP contribution in [0.2, 0.25) is 0 Å². The van der Waals surface area contributed by atoms with Gasteiger partial charge in [-0.05, 0) is 37.6 Å². The normalized spacial score (nSPS) is 12.2. The van der Waals surface area contributed by atoms with Crippen molar-refractivity contribution in [3.63, 3.8) is 0 Å². The second-order valence-electron chi connectivity index (χ2n) is 6.20. The van der Waals surface area contributed by atoms with Crippen LogP contribution < -0.4 is 10.6 Å². The maximum atomic E-state index is 12.4. The summed E-state index contributed by atoms with van der Waals surface area (Å²) in [6.07, 6.45) is 1.81. The second-order valence-corrected chi connectivity index (χ2v) is 6.20. The van der Waals surface area contributed by atoms with Crippen molar-refractivity contribution in [1.82, 2.24) is 20.2 Å². The molecule has 1 amide bonds. The minimum absolute atomic E-state index is 0.131. The van der Waals surface area contributed by atoms with Crippen LogP contribution in [0.15, 0.2) is 54.6 Å². The SMILES string of the molecule is CNC(CCNC(=O)c1nc2ccccc2n1C)Cc1ccccc1. The van der Waals surface area contributed by atoms with E-state index in [0.717, 1.165) is 23.9 Å². The lowest BCUT2D eigenvalue weighted by atomic mass is 10.0. The molecule has 130 valence electrons. The lowest BCUT2D eigenvalue weighted by molar-refractivity contribution is 0.0939. The van der Waals surface area contributed by atoms with E-state index in [1.165, 1.54) is 5.56 Å². The van der Waals surface area contributed by atoms with Gasteiger partial charge in [-0.3, -0.25) is 4.79 Å². The number of amides is 1. The molecule has 1 unspecified atom stereocenters. The van der Waals surface area contributed by atoms with Crippen LogP contribution in [-0.4, -0.2) is 35.1 Å². The lowest BCUT2D eigenvalue weighted by Gasteiger charge is -2.16. The van der Waals surface area contributed by atoms with Gasteiger partial charge in [-0.2, -0.15) is 0 Å². The lowest BCUT2D eigenvalue weighted by Crippen LogP contribution is -2.34. The number of hydrogen-bond acceptors (Lipinski definition) is 3. The minimum Gasteiger partial charge on any atom is -0.349 e. The van der Waals surface area contributed by atoms with Crippen LogP contribution in [-0.2, 0) is 13.5 Å². The molecule has 1 heterocycles. The summed E-state index contributed by atoms with van der Waals surface area (Å²) in [6.45, 7) is 0.611. The number of imidazole rings is 1. The molecule has 5 heteroatoms. The summed E-state index contributed by atoms with van der Waals surface area (Å²) in [5, 5.41) is 6.31. The zero-order chi connectivity index (χ0) is 17.6. The molecule has 1 atom stereocenters. The summed E-state index contributed by atoms with van der Waals surface area (Å²) < 4.78 is 1.84. The molecular weight excluding hydrogens is 312 g/mol. The van der Waals surface area contributed by atoms with E-state index in [1.807, 2.05) is 49.0 Å². The van der Waals surface area contributed by atoms with Crippen LogP contribution in [0, 0.1) is 0 Å². The molecule has 2 aromatic carbocycles. The third-order valence-electron chi connectivity index (χ3n) is 4.50. The van der Waals surface area contributed by atoms with Crippen molar-refractivity contribution >= 4 is 16.9 Å². The molecule has 0 fully saturated rings. The number of nitrogens with one attached hydrogen (secondary N) is 2. The Morgan fingerprint density at radius 1 is 1.12 bits per heavy atom. The quantitative estimate of drug-likeness (QED) is 0.697. The van der Waals surface area contributed by atoms with E-state index >= 15 is 0 Å². The molecule has 25 heavy (non-hydrogen) atoms. The molecule has 3 rings (SSSR count). The minimum atomic E-state index is -0.131. The Morgan fingerprint density at radius 2 is 1.84 bits per heavy atom. The summed E-state index contributed by atoms with van der Waals surface area (Å²) >= 11 is 0. The van der Waals surface area contributed by atoms with E-state index in [4.69, 9.17) is 0 Å². The van der Waals surface area contributed by atoms with Crippen molar-refractivity contribution < 1.29 is 4.79 Å². The first-order valence-corrected chi connectivity index (χ1v) is 8.60. The van der Waals surface area contributed by atoms with Gasteiger partial charge in [0.15, 0.2) is 5.82 Å². The third-order valence-corrected chi connectivity index (χ3v) is 4.50. The second kappa shape index (κ2) is 7.94. The van der Waals surface area contributed by atoms with Gasteiger partial charge in [-0.15, -0.1) is 0 Å². The predicted molar refractivity (Wildman–Crippen MR) is 101 cm³/mol. The van der Waals surface area contributed by atoms with Crippen LogP contribution in [0.3, 0.4) is 0 Å². The standard InChI is InChI=1S/C20H24N4O/c1-21-16(14-15-8-4-3-5-9-15)12-13-22-20(25)19-23-17-10-6-7-11-18(17)24(19)2/h3-11,16,21H,12-14H2,1-2H3,(H,22,25). The van der Waals surface area contributed by atoms with Gasteiger partial charge in [0.25, 0.3) is 5.91 Å². The van der Waals surface area contributed by atoms with Crippen LogP contribution in [0.25, 0.3) is 11.0 Å². The van der Waals surface area contributed by atoms with Gasteiger partial charge >= 0.3 is 0 Å². The molecule has 0 bridgehead atoms. The number of benzene rings is 2. The maximum absolute atomic E-state index is 12.4. The number of para-hydroxylation sites is 2. The fraction of sp³-hybridized carbons (Fsp3) is 0.300. The number of likely N-dealkylation sites (N-methyl/N-ethyl adjacent to an activating group) is 1.